The van der Waals surface area contributed by atoms with Gasteiger partial charge in [0.05, 0.1) is 10.6 Å². The van der Waals surface area contributed by atoms with Crippen LogP contribution in [-0.2, 0) is 10.0 Å². The van der Waals surface area contributed by atoms with Crippen molar-refractivity contribution >= 4 is 33.0 Å². The molecule has 0 amide bonds. The van der Waals surface area contributed by atoms with Crippen molar-refractivity contribution in [2.75, 3.05) is 5.01 Å². The molecule has 0 fully saturated rings. The number of aryl methyl sites for hydroxylation is 1. The lowest BCUT2D eigenvalue weighted by atomic mass is 10.0. The van der Waals surface area contributed by atoms with Gasteiger partial charge in [0.2, 0.25) is 0 Å². The Labute approximate surface area is 148 Å². The summed E-state index contributed by atoms with van der Waals surface area (Å²) in [4.78, 5) is 2.63. The minimum Gasteiger partial charge on any atom is -0.375 e. The van der Waals surface area contributed by atoms with Crippen LogP contribution in [0.1, 0.15) is 30.9 Å². The molecule has 0 radical (unpaired) electrons. The van der Waals surface area contributed by atoms with Gasteiger partial charge in [-0.15, -0.1) is 4.83 Å². The Morgan fingerprint density at radius 2 is 1.71 bits per heavy atom. The number of nitrogens with one attached hydrogen (secondary N) is 1. The Balaban J connectivity index is 2.43. The van der Waals surface area contributed by atoms with Gasteiger partial charge in [0.1, 0.15) is 0 Å². The standard InChI is InChI=1S/C17H21N3O2S2/c1-12(2)15-6-4-5-7-16(15)20(17(18)23)19-24(21,22)14-10-8-13(3)9-11-14/h4-12,19H,1-3H3,(H2,18,23). The van der Waals surface area contributed by atoms with E-state index in [2.05, 4.69) is 4.83 Å². The van der Waals surface area contributed by atoms with Crippen molar-refractivity contribution in [1.82, 2.24) is 4.83 Å². The zero-order chi connectivity index (χ0) is 17.9. The van der Waals surface area contributed by atoms with Gasteiger partial charge < -0.3 is 5.73 Å². The van der Waals surface area contributed by atoms with Crippen LogP contribution in [0.3, 0.4) is 0 Å². The van der Waals surface area contributed by atoms with Crippen LogP contribution in [0.5, 0.6) is 0 Å². The Bertz CT molecular complexity index is 831. The highest BCUT2D eigenvalue weighted by atomic mass is 32.2. The minimum absolute atomic E-state index is 0.0706. The van der Waals surface area contributed by atoms with Crippen LogP contribution in [0.4, 0.5) is 5.69 Å². The lowest BCUT2D eigenvalue weighted by Gasteiger charge is -2.26. The summed E-state index contributed by atoms with van der Waals surface area (Å²) in [6, 6.07) is 14.0. The van der Waals surface area contributed by atoms with Crippen molar-refractivity contribution in [3.63, 3.8) is 0 Å². The van der Waals surface area contributed by atoms with Crippen molar-refractivity contribution in [1.29, 1.82) is 0 Å². The molecule has 128 valence electrons. The summed E-state index contributed by atoms with van der Waals surface area (Å²) in [5.74, 6) is 0.182. The first-order valence-corrected chi connectivity index (χ1v) is 9.39. The zero-order valence-electron chi connectivity index (χ0n) is 13.9. The van der Waals surface area contributed by atoms with E-state index in [1.165, 1.54) is 5.01 Å². The molecule has 0 aromatic heterocycles. The molecule has 0 aliphatic carbocycles. The molecule has 0 atom stereocenters. The maximum Gasteiger partial charge on any atom is 0.257 e. The molecule has 0 heterocycles. The van der Waals surface area contributed by atoms with E-state index in [0.29, 0.717) is 5.69 Å². The average molecular weight is 364 g/mol. The van der Waals surface area contributed by atoms with Crippen LogP contribution < -0.4 is 15.6 Å². The third kappa shape index (κ3) is 4.11. The summed E-state index contributed by atoms with van der Waals surface area (Å²) in [6.45, 7) is 5.93. The molecule has 2 aromatic carbocycles. The smallest absolute Gasteiger partial charge is 0.257 e. The van der Waals surface area contributed by atoms with E-state index < -0.39 is 10.0 Å². The summed E-state index contributed by atoms with van der Waals surface area (Å²) in [6.07, 6.45) is 0. The van der Waals surface area contributed by atoms with E-state index in [9.17, 15) is 8.42 Å². The van der Waals surface area contributed by atoms with Crippen LogP contribution in [0.15, 0.2) is 53.4 Å². The molecule has 0 saturated carbocycles. The fourth-order valence-corrected chi connectivity index (χ4v) is 3.52. The van der Waals surface area contributed by atoms with Crippen molar-refractivity contribution in [3.05, 3.63) is 59.7 Å². The number of thiocarbonyl (C=S) groups is 1. The molecule has 0 bridgehead atoms. The molecule has 2 aromatic rings. The number of nitrogens with two attached hydrogens (primary N) is 1. The van der Waals surface area contributed by atoms with Gasteiger partial charge in [-0.25, -0.2) is 13.4 Å². The van der Waals surface area contributed by atoms with Crippen molar-refractivity contribution in [2.45, 2.75) is 31.6 Å². The molecule has 5 nitrogen and oxygen atoms in total. The van der Waals surface area contributed by atoms with E-state index >= 15 is 0 Å². The van der Waals surface area contributed by atoms with E-state index in [4.69, 9.17) is 18.0 Å². The molecule has 24 heavy (non-hydrogen) atoms. The van der Waals surface area contributed by atoms with Gasteiger partial charge >= 0.3 is 0 Å². The predicted molar refractivity (Wildman–Crippen MR) is 101 cm³/mol. The van der Waals surface area contributed by atoms with Gasteiger partial charge in [-0.2, -0.15) is 0 Å². The maximum atomic E-state index is 12.6. The highest BCUT2D eigenvalue weighted by Gasteiger charge is 2.22. The van der Waals surface area contributed by atoms with E-state index in [-0.39, 0.29) is 15.9 Å². The highest BCUT2D eigenvalue weighted by molar-refractivity contribution is 7.89. The normalized spacial score (nSPS) is 11.5. The second-order valence-corrected chi connectivity index (χ2v) is 7.87. The first-order valence-electron chi connectivity index (χ1n) is 7.50. The number of para-hydroxylation sites is 1. The maximum absolute atomic E-state index is 12.6. The number of sulfonamides is 1. The summed E-state index contributed by atoms with van der Waals surface area (Å²) in [5.41, 5.74) is 8.32. The number of hydrogen-bond acceptors (Lipinski definition) is 3. The number of hydrazine groups is 1. The summed E-state index contributed by atoms with van der Waals surface area (Å²) < 4.78 is 25.3. The summed E-state index contributed by atoms with van der Waals surface area (Å²) in [7, 11) is -3.80. The van der Waals surface area contributed by atoms with Gasteiger partial charge in [0.25, 0.3) is 10.0 Å². The van der Waals surface area contributed by atoms with Crippen molar-refractivity contribution < 1.29 is 8.42 Å². The second-order valence-electron chi connectivity index (χ2n) is 5.79. The van der Waals surface area contributed by atoms with Gasteiger partial charge in [-0.3, -0.25) is 0 Å². The molecule has 0 saturated heterocycles. The number of hydrogen-bond donors (Lipinski definition) is 2. The molecular weight excluding hydrogens is 342 g/mol. The Morgan fingerprint density at radius 1 is 1.12 bits per heavy atom. The number of rotatable bonds is 5. The van der Waals surface area contributed by atoms with Gasteiger partial charge in [-0.05, 0) is 48.8 Å². The zero-order valence-corrected chi connectivity index (χ0v) is 15.5. The fourth-order valence-electron chi connectivity index (χ4n) is 2.28. The molecule has 7 heteroatoms. The number of benzene rings is 2. The molecule has 0 spiro atoms. The van der Waals surface area contributed by atoms with E-state index in [1.54, 1.807) is 30.3 Å². The third-order valence-corrected chi connectivity index (χ3v) is 5.06. The lowest BCUT2D eigenvalue weighted by Crippen LogP contribution is -2.49. The summed E-state index contributed by atoms with van der Waals surface area (Å²) in [5, 5.41) is 1.17. The molecule has 2 rings (SSSR count). The molecular formula is C17H21N3O2S2. The Hall–Kier alpha value is -1.96. The monoisotopic (exact) mass is 363 g/mol. The first-order chi connectivity index (χ1) is 11.2. The SMILES string of the molecule is Cc1ccc(S(=O)(=O)NN(C(N)=S)c2ccccc2C(C)C)cc1. The third-order valence-electron chi connectivity index (χ3n) is 3.56. The fraction of sp³-hybridized carbons (Fsp3) is 0.235. The number of nitrogens with zero attached hydrogens (tertiary/aromatic N) is 1. The average Bonchev–Trinajstić information content (AvgIpc) is 2.53. The Kier molecular flexibility index (Phi) is 5.58. The van der Waals surface area contributed by atoms with Crippen LogP contribution in [-0.4, -0.2) is 13.5 Å². The van der Waals surface area contributed by atoms with Crippen LogP contribution in [0.2, 0.25) is 0 Å². The molecule has 0 aliphatic rings. The van der Waals surface area contributed by atoms with Crippen LogP contribution >= 0.6 is 12.2 Å². The van der Waals surface area contributed by atoms with Crippen molar-refractivity contribution in [2.24, 2.45) is 5.73 Å². The van der Waals surface area contributed by atoms with Gasteiger partial charge in [0.15, 0.2) is 5.11 Å². The minimum atomic E-state index is -3.80. The topological polar surface area (TPSA) is 75.4 Å². The highest BCUT2D eigenvalue weighted by Crippen LogP contribution is 2.27. The Morgan fingerprint density at radius 3 is 2.25 bits per heavy atom. The van der Waals surface area contributed by atoms with Crippen LogP contribution in [0.25, 0.3) is 0 Å². The second kappa shape index (κ2) is 7.29. The number of anilines is 1. The van der Waals surface area contributed by atoms with Gasteiger partial charge in [0, 0.05) is 0 Å². The van der Waals surface area contributed by atoms with Crippen molar-refractivity contribution in [3.8, 4) is 0 Å². The largest absolute Gasteiger partial charge is 0.375 e. The molecule has 0 unspecified atom stereocenters. The predicted octanol–water partition coefficient (Wildman–Crippen LogP) is 3.06. The summed E-state index contributed by atoms with van der Waals surface area (Å²) >= 11 is 5.06. The van der Waals surface area contributed by atoms with E-state index in [1.807, 2.05) is 39.0 Å². The first kappa shape index (κ1) is 18.4. The van der Waals surface area contributed by atoms with E-state index in [0.717, 1.165) is 11.1 Å². The quantitative estimate of drug-likeness (QED) is 0.631. The van der Waals surface area contributed by atoms with Crippen LogP contribution in [0, 0.1) is 6.92 Å². The molecule has 0 aliphatic heterocycles. The molecule has 3 N–H and O–H groups in total. The lowest BCUT2D eigenvalue weighted by molar-refractivity contribution is 0.583. The van der Waals surface area contributed by atoms with Gasteiger partial charge in [-0.1, -0.05) is 49.7 Å².